The Hall–Kier alpha value is -3.16. The largest absolute Gasteiger partial charge is 0.372 e. The summed E-state index contributed by atoms with van der Waals surface area (Å²) in [6.45, 7) is 10.8. The predicted molar refractivity (Wildman–Crippen MR) is 161 cm³/mol. The van der Waals surface area contributed by atoms with Crippen LogP contribution in [-0.2, 0) is 0 Å². The number of aromatic nitrogens is 2. The molecule has 1 fully saturated rings. The SMILES string of the molecule is CCN(CC)c1ccc(-n2c(C)cc([C@H]3[C@H](c4ccccn4)NC(=S)N3c3ccc(Br)cc3)c2C)cc1. The summed E-state index contributed by atoms with van der Waals surface area (Å²) in [4.78, 5) is 9.30. The molecule has 2 aromatic heterocycles. The van der Waals surface area contributed by atoms with Crippen LogP contribution < -0.4 is 15.1 Å². The van der Waals surface area contributed by atoms with Crippen LogP contribution >= 0.6 is 28.1 Å². The second kappa shape index (κ2) is 10.7. The number of aryl methyl sites for hydroxylation is 1. The number of thiocarbonyl (C=S) groups is 1. The minimum atomic E-state index is -0.0728. The van der Waals surface area contributed by atoms with Crippen molar-refractivity contribution in [2.75, 3.05) is 22.9 Å². The maximum absolute atomic E-state index is 5.91. The van der Waals surface area contributed by atoms with Crippen molar-refractivity contribution >= 4 is 44.6 Å². The summed E-state index contributed by atoms with van der Waals surface area (Å²) < 4.78 is 3.39. The van der Waals surface area contributed by atoms with Crippen molar-refractivity contribution in [1.82, 2.24) is 14.9 Å². The fraction of sp³-hybridized carbons (Fsp3) is 0.267. The molecule has 1 aliphatic rings. The Morgan fingerprint density at radius 1 is 0.946 bits per heavy atom. The third-order valence-electron chi connectivity index (χ3n) is 7.23. The van der Waals surface area contributed by atoms with E-state index >= 15 is 0 Å². The number of hydrogen-bond donors (Lipinski definition) is 1. The second-order valence-electron chi connectivity index (χ2n) is 9.32. The van der Waals surface area contributed by atoms with Crippen molar-refractivity contribution in [3.05, 3.63) is 106 Å². The lowest BCUT2D eigenvalue weighted by atomic mass is 9.96. The van der Waals surface area contributed by atoms with Gasteiger partial charge in [0.25, 0.3) is 0 Å². The van der Waals surface area contributed by atoms with Gasteiger partial charge in [-0.15, -0.1) is 0 Å². The number of rotatable bonds is 7. The number of pyridine rings is 1. The molecule has 0 radical (unpaired) electrons. The summed E-state index contributed by atoms with van der Waals surface area (Å²) in [5, 5.41) is 4.28. The number of hydrogen-bond acceptors (Lipinski definition) is 3. The van der Waals surface area contributed by atoms with Crippen LogP contribution in [0.3, 0.4) is 0 Å². The minimum absolute atomic E-state index is 0.0431. The first-order chi connectivity index (χ1) is 17.9. The van der Waals surface area contributed by atoms with Crippen LogP contribution in [0.2, 0.25) is 0 Å². The van der Waals surface area contributed by atoms with E-state index in [0.717, 1.165) is 34.6 Å². The molecule has 190 valence electrons. The van der Waals surface area contributed by atoms with E-state index in [1.807, 2.05) is 18.3 Å². The van der Waals surface area contributed by atoms with Crippen LogP contribution in [0.15, 0.2) is 83.5 Å². The van der Waals surface area contributed by atoms with Crippen LogP contribution in [0, 0.1) is 13.8 Å². The highest BCUT2D eigenvalue weighted by Crippen LogP contribution is 2.44. The molecule has 4 aromatic rings. The normalized spacial score (nSPS) is 17.2. The highest BCUT2D eigenvalue weighted by Gasteiger charge is 2.42. The molecule has 0 amide bonds. The van der Waals surface area contributed by atoms with Gasteiger partial charge in [0.15, 0.2) is 5.11 Å². The van der Waals surface area contributed by atoms with Gasteiger partial charge >= 0.3 is 0 Å². The number of halogens is 1. The zero-order valence-electron chi connectivity index (χ0n) is 21.6. The summed E-state index contributed by atoms with van der Waals surface area (Å²) in [6.07, 6.45) is 1.85. The second-order valence-corrected chi connectivity index (χ2v) is 10.6. The molecule has 0 aliphatic carbocycles. The highest BCUT2D eigenvalue weighted by molar-refractivity contribution is 9.10. The van der Waals surface area contributed by atoms with Crippen LogP contribution in [0.4, 0.5) is 11.4 Å². The molecule has 2 aromatic carbocycles. The summed E-state index contributed by atoms with van der Waals surface area (Å²) in [5.41, 5.74) is 8.06. The molecule has 7 heteroatoms. The molecule has 3 heterocycles. The van der Waals surface area contributed by atoms with E-state index in [1.165, 1.54) is 22.6 Å². The smallest absolute Gasteiger partial charge is 0.174 e. The van der Waals surface area contributed by atoms with Crippen molar-refractivity contribution in [3.63, 3.8) is 0 Å². The van der Waals surface area contributed by atoms with E-state index in [9.17, 15) is 0 Å². The van der Waals surface area contributed by atoms with Gasteiger partial charge in [0.1, 0.15) is 0 Å². The first-order valence-electron chi connectivity index (χ1n) is 12.7. The molecule has 2 atom stereocenters. The van der Waals surface area contributed by atoms with Crippen LogP contribution in [0.25, 0.3) is 5.69 Å². The molecule has 0 saturated carbocycles. The lowest BCUT2D eigenvalue weighted by Gasteiger charge is -2.28. The first-order valence-corrected chi connectivity index (χ1v) is 13.9. The number of anilines is 2. The Balaban J connectivity index is 1.61. The van der Waals surface area contributed by atoms with Gasteiger partial charge < -0.3 is 19.7 Å². The van der Waals surface area contributed by atoms with Crippen molar-refractivity contribution in [1.29, 1.82) is 0 Å². The Bertz CT molecular complexity index is 1380. The maximum Gasteiger partial charge on any atom is 0.174 e. The average molecular weight is 575 g/mol. The van der Waals surface area contributed by atoms with E-state index in [-0.39, 0.29) is 12.1 Å². The fourth-order valence-corrected chi connectivity index (χ4v) is 6.05. The Morgan fingerprint density at radius 2 is 1.62 bits per heavy atom. The average Bonchev–Trinajstić information content (AvgIpc) is 3.41. The lowest BCUT2D eigenvalue weighted by molar-refractivity contribution is 0.565. The van der Waals surface area contributed by atoms with Crippen LogP contribution in [0.5, 0.6) is 0 Å². The lowest BCUT2D eigenvalue weighted by Crippen LogP contribution is -2.29. The highest BCUT2D eigenvalue weighted by atomic mass is 79.9. The molecule has 5 nitrogen and oxygen atoms in total. The third-order valence-corrected chi connectivity index (χ3v) is 8.07. The van der Waals surface area contributed by atoms with Gasteiger partial charge in [0, 0.05) is 52.2 Å². The summed E-state index contributed by atoms with van der Waals surface area (Å²) in [7, 11) is 0. The van der Waals surface area contributed by atoms with Crippen molar-refractivity contribution in [3.8, 4) is 5.69 Å². The zero-order valence-corrected chi connectivity index (χ0v) is 24.1. The van der Waals surface area contributed by atoms with E-state index in [1.54, 1.807) is 0 Å². The maximum atomic E-state index is 5.91. The standard InChI is InChI=1S/C30H32BrN5S/c1-5-34(6-2)23-14-16-24(17-15-23)35-20(3)19-26(21(35)4)29-28(27-9-7-8-18-32-27)33-30(37)36(29)25-12-10-22(31)11-13-25/h7-19,28-29H,5-6H2,1-4H3,(H,33,37)/t28-,29-/m0/s1. The molecule has 0 spiro atoms. The van der Waals surface area contributed by atoms with Gasteiger partial charge in [0.2, 0.25) is 0 Å². The van der Waals surface area contributed by atoms with E-state index in [4.69, 9.17) is 17.2 Å². The van der Waals surface area contributed by atoms with Gasteiger partial charge in [-0.3, -0.25) is 4.98 Å². The molecule has 1 aliphatic heterocycles. The van der Waals surface area contributed by atoms with Gasteiger partial charge in [-0.05, 0) is 112 Å². The minimum Gasteiger partial charge on any atom is -0.372 e. The molecule has 0 unspecified atom stereocenters. The monoisotopic (exact) mass is 573 g/mol. The van der Waals surface area contributed by atoms with E-state index in [0.29, 0.717) is 5.11 Å². The predicted octanol–water partition coefficient (Wildman–Crippen LogP) is 7.27. The van der Waals surface area contributed by atoms with Crippen LogP contribution in [0.1, 0.15) is 48.6 Å². The van der Waals surface area contributed by atoms with Gasteiger partial charge in [-0.25, -0.2) is 0 Å². The van der Waals surface area contributed by atoms with Gasteiger partial charge in [-0.1, -0.05) is 22.0 Å². The molecular weight excluding hydrogens is 542 g/mol. The molecule has 5 rings (SSSR count). The molecule has 37 heavy (non-hydrogen) atoms. The third kappa shape index (κ3) is 4.78. The zero-order chi connectivity index (χ0) is 26.1. The molecule has 0 bridgehead atoms. The Labute approximate surface area is 233 Å². The number of nitrogens with zero attached hydrogens (tertiary/aromatic N) is 4. The first kappa shape index (κ1) is 25.5. The fourth-order valence-electron chi connectivity index (χ4n) is 5.44. The number of benzene rings is 2. The Morgan fingerprint density at radius 3 is 2.24 bits per heavy atom. The topological polar surface area (TPSA) is 36.3 Å². The van der Waals surface area contributed by atoms with E-state index in [2.05, 4.69) is 124 Å². The summed E-state index contributed by atoms with van der Waals surface area (Å²) >= 11 is 9.48. The van der Waals surface area contributed by atoms with Crippen molar-refractivity contribution in [2.45, 2.75) is 39.8 Å². The summed E-state index contributed by atoms with van der Waals surface area (Å²) in [6, 6.07) is 25.5. The Kier molecular flexibility index (Phi) is 7.36. The molecule has 1 saturated heterocycles. The van der Waals surface area contributed by atoms with Crippen LogP contribution in [-0.4, -0.2) is 27.8 Å². The number of nitrogens with one attached hydrogen (secondary N) is 1. The van der Waals surface area contributed by atoms with Crippen molar-refractivity contribution < 1.29 is 0 Å². The summed E-state index contributed by atoms with van der Waals surface area (Å²) in [5.74, 6) is 0. The molecule has 1 N–H and O–H groups in total. The quantitative estimate of drug-likeness (QED) is 0.235. The van der Waals surface area contributed by atoms with Gasteiger partial charge in [0.05, 0.1) is 17.8 Å². The molecular formula is C30H32BrN5S. The van der Waals surface area contributed by atoms with Gasteiger partial charge in [-0.2, -0.15) is 0 Å². The van der Waals surface area contributed by atoms with E-state index < -0.39 is 0 Å². The van der Waals surface area contributed by atoms with Crippen molar-refractivity contribution in [2.24, 2.45) is 0 Å².